The van der Waals surface area contributed by atoms with Gasteiger partial charge in [-0.25, -0.2) is 4.98 Å². The molecule has 1 aromatic heterocycles. The third-order valence-corrected chi connectivity index (χ3v) is 5.79. The first-order chi connectivity index (χ1) is 9.33. The lowest BCUT2D eigenvalue weighted by Gasteiger charge is -2.34. The molecule has 1 unspecified atom stereocenters. The van der Waals surface area contributed by atoms with Gasteiger partial charge in [-0.1, -0.05) is 0 Å². The standard InChI is InChI=1S/C15H25N3S.ClH/c1-12-15(19-11-17-12)6-10-18-8-4-13(5-9-18)14-3-2-7-16-14;/h11,13-14,16H,2-10H2,1H3;1H. The number of halogens is 1. The Morgan fingerprint density at radius 2 is 2.15 bits per heavy atom. The van der Waals surface area contributed by atoms with Crippen LogP contribution < -0.4 is 5.32 Å². The Balaban J connectivity index is 0.00000147. The van der Waals surface area contributed by atoms with Crippen LogP contribution in [-0.2, 0) is 6.42 Å². The highest BCUT2D eigenvalue weighted by atomic mass is 35.5. The minimum Gasteiger partial charge on any atom is -0.314 e. The van der Waals surface area contributed by atoms with Crippen LogP contribution >= 0.6 is 23.7 Å². The van der Waals surface area contributed by atoms with Gasteiger partial charge in [0.25, 0.3) is 0 Å². The molecule has 2 saturated heterocycles. The van der Waals surface area contributed by atoms with E-state index in [0.717, 1.165) is 12.0 Å². The van der Waals surface area contributed by atoms with Crippen LogP contribution in [0.25, 0.3) is 0 Å². The van der Waals surface area contributed by atoms with Gasteiger partial charge in [-0.3, -0.25) is 0 Å². The van der Waals surface area contributed by atoms with E-state index >= 15 is 0 Å². The summed E-state index contributed by atoms with van der Waals surface area (Å²) in [5.41, 5.74) is 3.21. The maximum absolute atomic E-state index is 4.34. The molecule has 0 aliphatic carbocycles. The van der Waals surface area contributed by atoms with Crippen LogP contribution in [0, 0.1) is 12.8 Å². The van der Waals surface area contributed by atoms with Crippen molar-refractivity contribution in [2.75, 3.05) is 26.2 Å². The molecule has 2 aliphatic heterocycles. The Labute approximate surface area is 132 Å². The molecule has 2 aliphatic rings. The number of nitrogens with zero attached hydrogens (tertiary/aromatic N) is 2. The number of nitrogens with one attached hydrogen (secondary N) is 1. The number of aryl methyl sites for hydroxylation is 1. The second-order valence-electron chi connectivity index (χ2n) is 5.99. The zero-order chi connectivity index (χ0) is 13.1. The summed E-state index contributed by atoms with van der Waals surface area (Å²) in [6, 6.07) is 0.825. The Hall–Kier alpha value is -0.160. The lowest BCUT2D eigenvalue weighted by Crippen LogP contribution is -2.41. The molecule has 3 nitrogen and oxygen atoms in total. The smallest absolute Gasteiger partial charge is 0.0797 e. The van der Waals surface area contributed by atoms with Crippen LogP contribution in [0.3, 0.4) is 0 Å². The van der Waals surface area contributed by atoms with E-state index < -0.39 is 0 Å². The summed E-state index contributed by atoms with van der Waals surface area (Å²) in [5.74, 6) is 0.934. The third-order valence-electron chi connectivity index (χ3n) is 4.80. The molecule has 3 rings (SSSR count). The Bertz CT molecular complexity index is 396. The average Bonchev–Trinajstić information content (AvgIpc) is 3.09. The maximum Gasteiger partial charge on any atom is 0.0797 e. The van der Waals surface area contributed by atoms with E-state index in [2.05, 4.69) is 22.1 Å². The highest BCUT2D eigenvalue weighted by Crippen LogP contribution is 2.25. The van der Waals surface area contributed by atoms with E-state index in [-0.39, 0.29) is 12.4 Å². The van der Waals surface area contributed by atoms with Crippen molar-refractivity contribution in [1.29, 1.82) is 0 Å². The van der Waals surface area contributed by atoms with Gasteiger partial charge in [-0.2, -0.15) is 0 Å². The molecule has 0 bridgehead atoms. The molecule has 3 heterocycles. The largest absolute Gasteiger partial charge is 0.314 e. The Morgan fingerprint density at radius 1 is 1.35 bits per heavy atom. The number of likely N-dealkylation sites (tertiary alicyclic amines) is 1. The molecule has 114 valence electrons. The predicted molar refractivity (Wildman–Crippen MR) is 88.0 cm³/mol. The SMILES string of the molecule is Cc1ncsc1CCN1CCC(C2CCCN2)CC1.Cl. The van der Waals surface area contributed by atoms with Gasteiger partial charge in [-0.15, -0.1) is 23.7 Å². The van der Waals surface area contributed by atoms with Crippen LogP contribution in [0.2, 0.25) is 0 Å². The summed E-state index contributed by atoms with van der Waals surface area (Å²) in [4.78, 5) is 8.45. The molecule has 1 atom stereocenters. The highest BCUT2D eigenvalue weighted by Gasteiger charge is 2.28. The van der Waals surface area contributed by atoms with E-state index in [1.807, 2.05) is 16.8 Å². The molecule has 5 heteroatoms. The van der Waals surface area contributed by atoms with Crippen LogP contribution in [0.1, 0.15) is 36.3 Å². The summed E-state index contributed by atoms with van der Waals surface area (Å²) >= 11 is 1.81. The van der Waals surface area contributed by atoms with Gasteiger partial charge >= 0.3 is 0 Å². The molecule has 0 saturated carbocycles. The van der Waals surface area contributed by atoms with E-state index in [0.29, 0.717) is 0 Å². The van der Waals surface area contributed by atoms with Crippen molar-refractivity contribution in [3.63, 3.8) is 0 Å². The first kappa shape index (κ1) is 16.2. The van der Waals surface area contributed by atoms with E-state index in [1.165, 1.54) is 68.9 Å². The minimum atomic E-state index is 0. The number of aromatic nitrogens is 1. The summed E-state index contributed by atoms with van der Waals surface area (Å²) < 4.78 is 0. The van der Waals surface area contributed by atoms with Crippen molar-refractivity contribution < 1.29 is 0 Å². The van der Waals surface area contributed by atoms with Crippen LogP contribution in [0.15, 0.2) is 5.51 Å². The number of piperidine rings is 1. The molecule has 2 fully saturated rings. The molecule has 1 N–H and O–H groups in total. The third kappa shape index (κ3) is 3.94. The Morgan fingerprint density at radius 3 is 2.75 bits per heavy atom. The second kappa shape index (κ2) is 7.74. The first-order valence-electron chi connectivity index (χ1n) is 7.67. The van der Waals surface area contributed by atoms with Gasteiger partial charge in [0.05, 0.1) is 11.2 Å². The van der Waals surface area contributed by atoms with Gasteiger partial charge in [0, 0.05) is 17.5 Å². The van der Waals surface area contributed by atoms with Crippen LogP contribution in [0.5, 0.6) is 0 Å². The van der Waals surface area contributed by atoms with Crippen molar-refractivity contribution >= 4 is 23.7 Å². The molecule has 0 amide bonds. The number of rotatable bonds is 4. The number of hydrogen-bond acceptors (Lipinski definition) is 4. The van der Waals surface area contributed by atoms with Crippen LogP contribution in [0.4, 0.5) is 0 Å². The quantitative estimate of drug-likeness (QED) is 0.926. The summed E-state index contributed by atoms with van der Waals surface area (Å²) in [6.45, 7) is 7.18. The van der Waals surface area contributed by atoms with E-state index in [1.54, 1.807) is 0 Å². The normalized spacial score (nSPS) is 24.8. The van der Waals surface area contributed by atoms with Gasteiger partial charge in [0.1, 0.15) is 0 Å². The summed E-state index contributed by atoms with van der Waals surface area (Å²) in [5, 5.41) is 3.68. The zero-order valence-corrected chi connectivity index (χ0v) is 13.9. The summed E-state index contributed by atoms with van der Waals surface area (Å²) in [6.07, 6.45) is 6.75. The van der Waals surface area contributed by atoms with Crippen molar-refractivity contribution in [1.82, 2.24) is 15.2 Å². The van der Waals surface area contributed by atoms with Crippen molar-refractivity contribution in [2.24, 2.45) is 5.92 Å². The summed E-state index contributed by atoms with van der Waals surface area (Å²) in [7, 11) is 0. The highest BCUT2D eigenvalue weighted by molar-refractivity contribution is 7.09. The topological polar surface area (TPSA) is 28.2 Å². The van der Waals surface area contributed by atoms with E-state index in [9.17, 15) is 0 Å². The monoisotopic (exact) mass is 315 g/mol. The number of thiazole rings is 1. The predicted octanol–water partition coefficient (Wildman–Crippen LogP) is 2.88. The van der Waals surface area contributed by atoms with Crippen molar-refractivity contribution in [2.45, 2.75) is 45.1 Å². The fraction of sp³-hybridized carbons (Fsp3) is 0.800. The average molecular weight is 316 g/mol. The van der Waals surface area contributed by atoms with Crippen molar-refractivity contribution in [3.05, 3.63) is 16.1 Å². The van der Waals surface area contributed by atoms with Gasteiger partial charge in [0.2, 0.25) is 0 Å². The van der Waals surface area contributed by atoms with Gasteiger partial charge < -0.3 is 10.2 Å². The molecule has 0 spiro atoms. The molecule has 1 aromatic rings. The fourth-order valence-corrected chi connectivity index (χ4v) is 4.29. The molecular weight excluding hydrogens is 290 g/mol. The molecule has 20 heavy (non-hydrogen) atoms. The van der Waals surface area contributed by atoms with Crippen molar-refractivity contribution in [3.8, 4) is 0 Å². The van der Waals surface area contributed by atoms with Gasteiger partial charge in [-0.05, 0) is 64.6 Å². The van der Waals surface area contributed by atoms with Gasteiger partial charge in [0.15, 0.2) is 0 Å². The molecular formula is C15H26ClN3S. The lowest BCUT2D eigenvalue weighted by molar-refractivity contribution is 0.165. The Kier molecular flexibility index (Phi) is 6.27. The number of hydrogen-bond donors (Lipinski definition) is 1. The second-order valence-corrected chi connectivity index (χ2v) is 6.93. The maximum atomic E-state index is 4.34. The zero-order valence-electron chi connectivity index (χ0n) is 12.3. The van der Waals surface area contributed by atoms with E-state index in [4.69, 9.17) is 0 Å². The lowest BCUT2D eigenvalue weighted by atomic mass is 9.88. The molecule has 0 radical (unpaired) electrons. The fourth-order valence-electron chi connectivity index (χ4n) is 3.52. The minimum absolute atomic E-state index is 0. The first-order valence-corrected chi connectivity index (χ1v) is 8.55. The van der Waals surface area contributed by atoms with Crippen LogP contribution in [-0.4, -0.2) is 42.1 Å². The molecule has 0 aromatic carbocycles.